The van der Waals surface area contributed by atoms with Crippen LogP contribution in [0.25, 0.3) is 0 Å². The van der Waals surface area contributed by atoms with Crippen molar-refractivity contribution in [3.63, 3.8) is 0 Å². The highest BCUT2D eigenvalue weighted by Crippen LogP contribution is 1.98. The third-order valence-corrected chi connectivity index (χ3v) is 2.33. The lowest BCUT2D eigenvalue weighted by Gasteiger charge is -2.18. The maximum Gasteiger partial charge on any atom is 0.321 e. The molecule has 1 aromatic heterocycles. The van der Waals surface area contributed by atoms with E-state index in [4.69, 9.17) is 10.8 Å². The summed E-state index contributed by atoms with van der Waals surface area (Å²) in [6, 6.07) is 3.06. The average molecular weight is 223 g/mol. The molecule has 5 nitrogen and oxygen atoms in total. The van der Waals surface area contributed by atoms with Crippen LogP contribution in [0.2, 0.25) is 0 Å². The van der Waals surface area contributed by atoms with E-state index in [0.29, 0.717) is 6.54 Å². The Bertz CT molecular complexity index is 329. The molecule has 0 radical (unpaired) electrons. The van der Waals surface area contributed by atoms with Crippen molar-refractivity contribution in [3.8, 4) is 0 Å². The summed E-state index contributed by atoms with van der Waals surface area (Å²) < 4.78 is 0. The third-order valence-electron chi connectivity index (χ3n) is 2.33. The van der Waals surface area contributed by atoms with E-state index >= 15 is 0 Å². The molecule has 0 aromatic carbocycles. The molecular formula is C11H17N3O2. The Balaban J connectivity index is 2.30. The number of likely N-dealkylation sites (N-methyl/N-ethyl adjacent to an activating group) is 1. The van der Waals surface area contributed by atoms with Crippen molar-refractivity contribution in [2.24, 2.45) is 5.73 Å². The lowest BCUT2D eigenvalue weighted by atomic mass is 10.2. The Morgan fingerprint density at radius 2 is 2.44 bits per heavy atom. The first kappa shape index (κ1) is 12.6. The Kier molecular flexibility index (Phi) is 4.88. The van der Waals surface area contributed by atoms with Crippen LogP contribution in [-0.4, -0.2) is 47.1 Å². The van der Waals surface area contributed by atoms with Crippen LogP contribution >= 0.6 is 0 Å². The topological polar surface area (TPSA) is 79.5 Å². The fourth-order valence-electron chi connectivity index (χ4n) is 1.37. The molecule has 3 N–H and O–H groups in total. The summed E-state index contributed by atoms with van der Waals surface area (Å²) in [5.41, 5.74) is 6.57. The molecular weight excluding hydrogens is 206 g/mol. The van der Waals surface area contributed by atoms with Gasteiger partial charge in [-0.1, -0.05) is 6.07 Å². The van der Waals surface area contributed by atoms with Gasteiger partial charge in [-0.15, -0.1) is 0 Å². The quantitative estimate of drug-likeness (QED) is 0.708. The molecule has 0 saturated carbocycles. The molecule has 0 bridgehead atoms. The first-order valence-electron chi connectivity index (χ1n) is 5.15. The van der Waals surface area contributed by atoms with Gasteiger partial charge in [0.05, 0.1) is 0 Å². The number of nitrogens with two attached hydrogens (primary N) is 1. The standard InChI is InChI=1S/C11H17N3O2/c1-14(8-10(12)11(15)16)6-4-9-3-2-5-13-7-9/h2-3,5,7,10H,4,6,8,12H2,1H3,(H,15,16). The fraction of sp³-hybridized carbons (Fsp3) is 0.455. The van der Waals surface area contributed by atoms with E-state index in [0.717, 1.165) is 18.5 Å². The predicted octanol–water partition coefficient (Wildman–Crippen LogP) is -0.0322. The molecule has 1 heterocycles. The zero-order valence-electron chi connectivity index (χ0n) is 9.34. The minimum atomic E-state index is -0.965. The van der Waals surface area contributed by atoms with Crippen molar-refractivity contribution in [2.45, 2.75) is 12.5 Å². The van der Waals surface area contributed by atoms with Crippen LogP contribution in [0.5, 0.6) is 0 Å². The lowest BCUT2D eigenvalue weighted by Crippen LogP contribution is -2.41. The molecule has 88 valence electrons. The van der Waals surface area contributed by atoms with Gasteiger partial charge < -0.3 is 15.7 Å². The van der Waals surface area contributed by atoms with Gasteiger partial charge in [-0.3, -0.25) is 9.78 Å². The zero-order chi connectivity index (χ0) is 12.0. The average Bonchev–Trinajstić information content (AvgIpc) is 2.27. The molecule has 1 unspecified atom stereocenters. The summed E-state index contributed by atoms with van der Waals surface area (Å²) in [6.45, 7) is 1.13. The molecule has 0 aliphatic carbocycles. The molecule has 1 aromatic rings. The van der Waals surface area contributed by atoms with Crippen molar-refractivity contribution in [3.05, 3.63) is 30.1 Å². The largest absolute Gasteiger partial charge is 0.480 e. The highest BCUT2D eigenvalue weighted by atomic mass is 16.4. The number of carboxylic acid groups (broad SMARTS) is 1. The fourth-order valence-corrected chi connectivity index (χ4v) is 1.37. The van der Waals surface area contributed by atoms with E-state index in [1.54, 1.807) is 6.20 Å². The molecule has 5 heteroatoms. The second-order valence-corrected chi connectivity index (χ2v) is 3.82. The van der Waals surface area contributed by atoms with E-state index in [1.165, 1.54) is 0 Å². The lowest BCUT2D eigenvalue weighted by molar-refractivity contribution is -0.138. The SMILES string of the molecule is CN(CCc1cccnc1)CC(N)C(=O)O. The van der Waals surface area contributed by atoms with Crippen molar-refractivity contribution in [1.82, 2.24) is 9.88 Å². The van der Waals surface area contributed by atoms with Gasteiger partial charge >= 0.3 is 5.97 Å². The highest BCUT2D eigenvalue weighted by molar-refractivity contribution is 5.73. The Labute approximate surface area is 94.9 Å². The van der Waals surface area contributed by atoms with Crippen LogP contribution < -0.4 is 5.73 Å². The van der Waals surface area contributed by atoms with Gasteiger partial charge in [0.25, 0.3) is 0 Å². The second kappa shape index (κ2) is 6.19. The van der Waals surface area contributed by atoms with E-state index in [9.17, 15) is 4.79 Å². The van der Waals surface area contributed by atoms with Crippen LogP contribution in [0.4, 0.5) is 0 Å². The summed E-state index contributed by atoms with van der Waals surface area (Å²) in [6.07, 6.45) is 4.38. The van der Waals surface area contributed by atoms with Gasteiger partial charge in [-0.05, 0) is 25.1 Å². The third kappa shape index (κ3) is 4.37. The number of rotatable bonds is 6. The Morgan fingerprint density at radius 3 is 3.00 bits per heavy atom. The summed E-state index contributed by atoms with van der Waals surface area (Å²) in [5.74, 6) is -0.965. The number of carboxylic acids is 1. The van der Waals surface area contributed by atoms with Gasteiger partial charge in [0.2, 0.25) is 0 Å². The summed E-state index contributed by atoms with van der Waals surface area (Å²) >= 11 is 0. The molecule has 1 rings (SSSR count). The second-order valence-electron chi connectivity index (χ2n) is 3.82. The maximum atomic E-state index is 10.5. The van der Waals surface area contributed by atoms with Crippen molar-refractivity contribution >= 4 is 5.97 Å². The van der Waals surface area contributed by atoms with E-state index in [1.807, 2.05) is 30.3 Å². The number of aliphatic carboxylic acids is 1. The number of pyridine rings is 1. The van der Waals surface area contributed by atoms with Crippen molar-refractivity contribution in [1.29, 1.82) is 0 Å². The number of hydrogen-bond acceptors (Lipinski definition) is 4. The predicted molar refractivity (Wildman–Crippen MR) is 61.0 cm³/mol. The smallest absolute Gasteiger partial charge is 0.321 e. The summed E-state index contributed by atoms with van der Waals surface area (Å²) in [7, 11) is 1.86. The summed E-state index contributed by atoms with van der Waals surface area (Å²) in [5, 5.41) is 8.65. The summed E-state index contributed by atoms with van der Waals surface area (Å²) in [4.78, 5) is 16.5. The van der Waals surface area contributed by atoms with E-state index in [-0.39, 0.29) is 0 Å². The minimum absolute atomic E-state index is 0.357. The van der Waals surface area contributed by atoms with Gasteiger partial charge in [0, 0.05) is 25.5 Å². The number of nitrogens with zero attached hydrogens (tertiary/aromatic N) is 2. The zero-order valence-corrected chi connectivity index (χ0v) is 9.34. The van der Waals surface area contributed by atoms with Crippen LogP contribution in [0.15, 0.2) is 24.5 Å². The Morgan fingerprint density at radius 1 is 1.69 bits per heavy atom. The number of hydrogen-bond donors (Lipinski definition) is 2. The number of carbonyl (C=O) groups is 1. The van der Waals surface area contributed by atoms with Gasteiger partial charge in [0.15, 0.2) is 0 Å². The normalized spacial score (nSPS) is 12.7. The van der Waals surface area contributed by atoms with Crippen LogP contribution in [-0.2, 0) is 11.2 Å². The molecule has 1 atom stereocenters. The molecule has 0 saturated heterocycles. The van der Waals surface area contributed by atoms with E-state index < -0.39 is 12.0 Å². The molecule has 0 spiro atoms. The first-order chi connectivity index (χ1) is 7.59. The minimum Gasteiger partial charge on any atom is -0.480 e. The first-order valence-corrected chi connectivity index (χ1v) is 5.15. The number of aromatic nitrogens is 1. The van der Waals surface area contributed by atoms with Gasteiger partial charge in [-0.25, -0.2) is 0 Å². The van der Waals surface area contributed by atoms with Crippen LogP contribution in [0, 0.1) is 0 Å². The molecule has 16 heavy (non-hydrogen) atoms. The van der Waals surface area contributed by atoms with Crippen LogP contribution in [0.1, 0.15) is 5.56 Å². The maximum absolute atomic E-state index is 10.5. The van der Waals surface area contributed by atoms with E-state index in [2.05, 4.69) is 4.98 Å². The van der Waals surface area contributed by atoms with Crippen LogP contribution in [0.3, 0.4) is 0 Å². The van der Waals surface area contributed by atoms with Gasteiger partial charge in [-0.2, -0.15) is 0 Å². The van der Waals surface area contributed by atoms with Crippen molar-refractivity contribution < 1.29 is 9.90 Å². The van der Waals surface area contributed by atoms with Gasteiger partial charge in [0.1, 0.15) is 6.04 Å². The monoisotopic (exact) mass is 223 g/mol. The Hall–Kier alpha value is -1.46. The molecule has 0 amide bonds. The molecule has 0 fully saturated rings. The highest BCUT2D eigenvalue weighted by Gasteiger charge is 2.13. The molecule has 0 aliphatic rings. The van der Waals surface area contributed by atoms with Crippen molar-refractivity contribution in [2.75, 3.05) is 20.1 Å². The molecule has 0 aliphatic heterocycles.